The maximum Gasteiger partial charge on any atom is 0.0762 e. The van der Waals surface area contributed by atoms with Crippen LogP contribution in [0.3, 0.4) is 0 Å². The molecular weight excluding hydrogens is 242 g/mol. The molecule has 1 heterocycles. The van der Waals surface area contributed by atoms with Gasteiger partial charge in [0.2, 0.25) is 0 Å². The van der Waals surface area contributed by atoms with Crippen LogP contribution in [0.4, 0.5) is 0 Å². The maximum absolute atomic E-state index is 4.69. The fourth-order valence-electron chi connectivity index (χ4n) is 2.48. The summed E-state index contributed by atoms with van der Waals surface area (Å²) in [7, 11) is 0. The fourth-order valence-corrected chi connectivity index (χ4v) is 3.18. The van der Waals surface area contributed by atoms with E-state index >= 15 is 0 Å². The van der Waals surface area contributed by atoms with E-state index in [4.69, 9.17) is 5.10 Å². The van der Waals surface area contributed by atoms with E-state index in [0.717, 1.165) is 6.54 Å². The number of nitrogens with one attached hydrogen (secondary N) is 1. The van der Waals surface area contributed by atoms with Gasteiger partial charge in [-0.3, -0.25) is 4.68 Å². The van der Waals surface area contributed by atoms with Crippen LogP contribution < -0.4 is 5.32 Å². The molecule has 1 aliphatic carbocycles. The summed E-state index contributed by atoms with van der Waals surface area (Å²) >= 11 is 1.99. The normalized spacial score (nSPS) is 18.3. The first-order chi connectivity index (χ1) is 8.79. The monoisotopic (exact) mass is 267 g/mol. The summed E-state index contributed by atoms with van der Waals surface area (Å²) in [4.78, 5) is 0. The lowest BCUT2D eigenvalue weighted by Gasteiger charge is -2.12. The number of rotatable bonds is 7. The second-order valence-electron chi connectivity index (χ2n) is 5.17. The van der Waals surface area contributed by atoms with Gasteiger partial charge in [-0.1, -0.05) is 19.8 Å². The van der Waals surface area contributed by atoms with E-state index in [1.807, 2.05) is 11.8 Å². The first kappa shape index (κ1) is 13.9. The van der Waals surface area contributed by atoms with Crippen molar-refractivity contribution in [2.24, 2.45) is 0 Å². The van der Waals surface area contributed by atoms with E-state index in [0.29, 0.717) is 12.1 Å². The highest BCUT2D eigenvalue weighted by atomic mass is 32.2. The SMILES string of the molecule is CCSCC(C)NCc1ccn(C2CCCC2)n1. The van der Waals surface area contributed by atoms with Gasteiger partial charge in [0.05, 0.1) is 11.7 Å². The van der Waals surface area contributed by atoms with Crippen molar-refractivity contribution < 1.29 is 0 Å². The van der Waals surface area contributed by atoms with Crippen LogP contribution in [0, 0.1) is 0 Å². The first-order valence-electron chi connectivity index (χ1n) is 7.14. The molecule has 0 radical (unpaired) electrons. The summed E-state index contributed by atoms with van der Waals surface area (Å²) in [5, 5.41) is 8.23. The molecule has 2 rings (SSSR count). The highest BCUT2D eigenvalue weighted by molar-refractivity contribution is 7.99. The summed E-state index contributed by atoms with van der Waals surface area (Å²) in [6.07, 6.45) is 7.49. The molecule has 0 spiro atoms. The molecule has 1 aromatic heterocycles. The number of hydrogen-bond acceptors (Lipinski definition) is 3. The van der Waals surface area contributed by atoms with Gasteiger partial charge in [-0.15, -0.1) is 0 Å². The molecule has 1 aliphatic rings. The predicted molar refractivity (Wildman–Crippen MR) is 79.0 cm³/mol. The van der Waals surface area contributed by atoms with E-state index in [9.17, 15) is 0 Å². The van der Waals surface area contributed by atoms with Gasteiger partial charge >= 0.3 is 0 Å². The smallest absolute Gasteiger partial charge is 0.0762 e. The van der Waals surface area contributed by atoms with Gasteiger partial charge in [0, 0.05) is 24.5 Å². The van der Waals surface area contributed by atoms with Crippen LogP contribution in [-0.4, -0.2) is 27.3 Å². The van der Waals surface area contributed by atoms with Crippen LogP contribution in [0.5, 0.6) is 0 Å². The van der Waals surface area contributed by atoms with Gasteiger partial charge in [-0.05, 0) is 31.6 Å². The molecule has 0 saturated heterocycles. The molecular formula is C14H25N3S. The number of aromatic nitrogens is 2. The Bertz CT molecular complexity index is 345. The molecule has 3 nitrogen and oxygen atoms in total. The van der Waals surface area contributed by atoms with E-state index in [2.05, 4.69) is 36.1 Å². The van der Waals surface area contributed by atoms with Gasteiger partial charge in [0.25, 0.3) is 0 Å². The summed E-state index contributed by atoms with van der Waals surface area (Å²) < 4.78 is 2.18. The van der Waals surface area contributed by atoms with Gasteiger partial charge in [0.1, 0.15) is 0 Å². The molecule has 4 heteroatoms. The van der Waals surface area contributed by atoms with E-state index in [1.54, 1.807) is 0 Å². The highest BCUT2D eigenvalue weighted by Gasteiger charge is 2.17. The molecule has 1 atom stereocenters. The Kier molecular flexibility index (Phi) is 5.57. The Morgan fingerprint density at radius 3 is 3.00 bits per heavy atom. The van der Waals surface area contributed by atoms with E-state index in [-0.39, 0.29) is 0 Å². The quantitative estimate of drug-likeness (QED) is 0.822. The van der Waals surface area contributed by atoms with Crippen LogP contribution in [0.15, 0.2) is 12.3 Å². The maximum atomic E-state index is 4.69. The molecule has 1 fully saturated rings. The van der Waals surface area contributed by atoms with Crippen LogP contribution in [0.25, 0.3) is 0 Å². The zero-order valence-corrected chi connectivity index (χ0v) is 12.4. The topological polar surface area (TPSA) is 29.9 Å². The average molecular weight is 267 g/mol. The number of nitrogens with zero attached hydrogens (tertiary/aromatic N) is 2. The Morgan fingerprint density at radius 1 is 1.50 bits per heavy atom. The Morgan fingerprint density at radius 2 is 2.28 bits per heavy atom. The minimum absolute atomic E-state index is 0.562. The van der Waals surface area contributed by atoms with Crippen LogP contribution in [0.2, 0.25) is 0 Å². The largest absolute Gasteiger partial charge is 0.308 e. The fraction of sp³-hybridized carbons (Fsp3) is 0.786. The van der Waals surface area contributed by atoms with Crippen molar-refractivity contribution in [3.05, 3.63) is 18.0 Å². The standard InChI is InChI=1S/C14H25N3S/c1-3-18-11-12(2)15-10-13-8-9-17(16-13)14-6-4-5-7-14/h8-9,12,14-15H,3-7,10-11H2,1-2H3. The molecule has 1 N–H and O–H groups in total. The van der Waals surface area contributed by atoms with Crippen molar-refractivity contribution in [1.82, 2.24) is 15.1 Å². The minimum Gasteiger partial charge on any atom is -0.308 e. The lowest BCUT2D eigenvalue weighted by molar-refractivity contribution is 0.459. The third-order valence-electron chi connectivity index (χ3n) is 3.57. The molecule has 0 aromatic carbocycles. The van der Waals surface area contributed by atoms with Gasteiger partial charge < -0.3 is 5.32 Å². The third-order valence-corrected chi connectivity index (χ3v) is 4.71. The van der Waals surface area contributed by atoms with Crippen molar-refractivity contribution in [3.63, 3.8) is 0 Å². The summed E-state index contributed by atoms with van der Waals surface area (Å²) in [5.74, 6) is 2.38. The van der Waals surface area contributed by atoms with Crippen LogP contribution in [0.1, 0.15) is 51.3 Å². The van der Waals surface area contributed by atoms with Crippen molar-refractivity contribution in [1.29, 1.82) is 0 Å². The lowest BCUT2D eigenvalue weighted by atomic mass is 10.3. The molecule has 18 heavy (non-hydrogen) atoms. The van der Waals surface area contributed by atoms with Crippen molar-refractivity contribution >= 4 is 11.8 Å². The molecule has 0 bridgehead atoms. The number of thioether (sulfide) groups is 1. The Balaban J connectivity index is 1.76. The Hall–Kier alpha value is -0.480. The van der Waals surface area contributed by atoms with Gasteiger partial charge in [0.15, 0.2) is 0 Å². The first-order valence-corrected chi connectivity index (χ1v) is 8.30. The minimum atomic E-state index is 0.562. The molecule has 1 saturated carbocycles. The Labute approximate surface area is 115 Å². The van der Waals surface area contributed by atoms with Crippen molar-refractivity contribution in [2.45, 2.75) is 58.2 Å². The number of hydrogen-bond donors (Lipinski definition) is 1. The molecule has 0 aliphatic heterocycles. The third kappa shape index (κ3) is 4.02. The van der Waals surface area contributed by atoms with E-state index < -0.39 is 0 Å². The summed E-state index contributed by atoms with van der Waals surface area (Å²) in [5.41, 5.74) is 1.18. The predicted octanol–water partition coefficient (Wildman–Crippen LogP) is 3.23. The second-order valence-corrected chi connectivity index (χ2v) is 6.49. The summed E-state index contributed by atoms with van der Waals surface area (Å²) in [6.45, 7) is 5.35. The molecule has 102 valence electrons. The van der Waals surface area contributed by atoms with E-state index in [1.165, 1.54) is 42.9 Å². The molecule has 1 aromatic rings. The summed E-state index contributed by atoms with van der Waals surface area (Å²) in [6, 6.07) is 3.38. The zero-order valence-electron chi connectivity index (χ0n) is 11.6. The zero-order chi connectivity index (χ0) is 12.8. The van der Waals surface area contributed by atoms with Crippen LogP contribution >= 0.6 is 11.8 Å². The highest BCUT2D eigenvalue weighted by Crippen LogP contribution is 2.28. The second kappa shape index (κ2) is 7.19. The molecule has 1 unspecified atom stereocenters. The molecule has 0 amide bonds. The van der Waals surface area contributed by atoms with Crippen LogP contribution in [-0.2, 0) is 6.54 Å². The van der Waals surface area contributed by atoms with Gasteiger partial charge in [-0.2, -0.15) is 16.9 Å². The van der Waals surface area contributed by atoms with Crippen molar-refractivity contribution in [2.75, 3.05) is 11.5 Å². The lowest BCUT2D eigenvalue weighted by Crippen LogP contribution is -2.28. The van der Waals surface area contributed by atoms with Crippen molar-refractivity contribution in [3.8, 4) is 0 Å². The average Bonchev–Trinajstić information content (AvgIpc) is 3.03. The van der Waals surface area contributed by atoms with Gasteiger partial charge in [-0.25, -0.2) is 0 Å².